The van der Waals surface area contributed by atoms with Crippen molar-refractivity contribution in [1.29, 1.82) is 0 Å². The Morgan fingerprint density at radius 3 is 2.43 bits per heavy atom. The molecule has 6 N–H and O–H groups in total. The van der Waals surface area contributed by atoms with E-state index in [0.29, 0.717) is 53.3 Å². The van der Waals surface area contributed by atoms with Gasteiger partial charge in [0.25, 0.3) is 5.91 Å². The molecule has 3 saturated heterocycles. The number of nitrogens with zero attached hydrogens (tertiary/aromatic N) is 2. The maximum atomic E-state index is 13.0. The van der Waals surface area contributed by atoms with Crippen LogP contribution in [0.25, 0.3) is 10.9 Å². The molecule has 3 aliphatic heterocycles. The molecule has 0 unspecified atom stereocenters. The predicted molar refractivity (Wildman–Crippen MR) is 214 cm³/mol. The Labute approximate surface area is 325 Å². The number of fused-ring (bicyclic) bond motifs is 4. The van der Waals surface area contributed by atoms with Gasteiger partial charge in [0.05, 0.1) is 23.7 Å². The van der Waals surface area contributed by atoms with Crippen LogP contribution in [0.15, 0.2) is 108 Å². The molecule has 12 heteroatoms. The molecular formula is C44H49N5O7. The summed E-state index contributed by atoms with van der Waals surface area (Å²) in [5.41, 5.74) is 3.69. The molecule has 5 aromatic rings. The number of aliphatic hydroxyl groups is 1. The van der Waals surface area contributed by atoms with E-state index in [1.54, 1.807) is 23.1 Å². The van der Waals surface area contributed by atoms with Crippen LogP contribution in [0.3, 0.4) is 0 Å². The van der Waals surface area contributed by atoms with Gasteiger partial charge >= 0.3 is 6.09 Å². The maximum absolute atomic E-state index is 13.0. The number of hydrogen-bond donors (Lipinski definition) is 6. The van der Waals surface area contributed by atoms with Gasteiger partial charge in [-0.05, 0) is 110 Å². The summed E-state index contributed by atoms with van der Waals surface area (Å²) in [6.45, 7) is 4.44. The molecule has 2 bridgehead atoms. The average molecular weight is 760 g/mol. The van der Waals surface area contributed by atoms with Crippen molar-refractivity contribution < 1.29 is 29.6 Å². The number of benzene rings is 4. The summed E-state index contributed by atoms with van der Waals surface area (Å²) in [5, 5.41) is 38.3. The van der Waals surface area contributed by atoms with Crippen molar-refractivity contribution in [2.45, 2.75) is 50.5 Å². The number of carbonyl (C=O) groups is 2. The van der Waals surface area contributed by atoms with Crippen LogP contribution in [0.5, 0.6) is 11.5 Å². The second-order valence-electron chi connectivity index (χ2n) is 14.7. The minimum Gasteiger partial charge on any atom is -0.506 e. The monoisotopic (exact) mass is 759 g/mol. The highest BCUT2D eigenvalue weighted by atomic mass is 16.5. The van der Waals surface area contributed by atoms with E-state index < -0.39 is 18.2 Å². The van der Waals surface area contributed by atoms with E-state index in [-0.39, 0.29) is 29.9 Å². The van der Waals surface area contributed by atoms with Crippen LogP contribution in [-0.2, 0) is 6.61 Å². The molecule has 1 aromatic heterocycles. The third-order valence-corrected chi connectivity index (χ3v) is 11.0. The number of aliphatic hydroxyl groups excluding tert-OH is 1. The number of amides is 2. The van der Waals surface area contributed by atoms with E-state index in [1.807, 2.05) is 72.8 Å². The number of ether oxygens (including phenoxy) is 1. The second-order valence-corrected chi connectivity index (χ2v) is 14.7. The number of aromatic nitrogens is 1. The third kappa shape index (κ3) is 9.05. The number of aromatic amines is 1. The molecule has 3 fully saturated rings. The Morgan fingerprint density at radius 1 is 0.893 bits per heavy atom. The van der Waals surface area contributed by atoms with E-state index in [1.165, 1.54) is 12.1 Å². The van der Waals surface area contributed by atoms with E-state index in [2.05, 4.69) is 20.5 Å². The second kappa shape index (κ2) is 17.8. The summed E-state index contributed by atoms with van der Waals surface area (Å²) in [5.74, 6) is 0.724. The average Bonchev–Trinajstić information content (AvgIpc) is 3.22. The van der Waals surface area contributed by atoms with Gasteiger partial charge in [-0.1, -0.05) is 60.7 Å². The number of phenols is 1. The third-order valence-electron chi connectivity index (χ3n) is 11.0. The SMILES string of the molecule is O=C(NCCCCNC[C@H](O)c1ccc(O)c2[nH]c(=O)ccc12)c1cccc(COc2cccc([C@H](c3ccccc3)N(C(=O)O)[C@H]3CN4CCC3CC4)c2)c1. The molecule has 2 amide bonds. The lowest BCUT2D eigenvalue weighted by atomic mass is 9.81. The van der Waals surface area contributed by atoms with Crippen LogP contribution in [0.1, 0.15) is 70.4 Å². The smallest absolute Gasteiger partial charge is 0.408 e. The van der Waals surface area contributed by atoms with Crippen LogP contribution < -0.4 is 20.9 Å². The zero-order chi connectivity index (χ0) is 39.0. The number of H-pyrrole nitrogens is 1. The lowest BCUT2D eigenvalue weighted by Gasteiger charge is -2.50. The van der Waals surface area contributed by atoms with Gasteiger partial charge in [-0.25, -0.2) is 4.79 Å². The topological polar surface area (TPSA) is 167 Å². The van der Waals surface area contributed by atoms with E-state index in [4.69, 9.17) is 4.74 Å². The number of unbranched alkanes of at least 4 members (excludes halogenated alkanes) is 1. The molecule has 4 aromatic carbocycles. The molecule has 12 nitrogen and oxygen atoms in total. The van der Waals surface area contributed by atoms with Crippen molar-refractivity contribution in [2.24, 2.45) is 5.92 Å². The highest BCUT2D eigenvalue weighted by Crippen LogP contribution is 2.39. The van der Waals surface area contributed by atoms with Gasteiger partial charge in [-0.3, -0.25) is 14.5 Å². The first-order valence-electron chi connectivity index (χ1n) is 19.4. The Morgan fingerprint density at radius 2 is 1.66 bits per heavy atom. The zero-order valence-corrected chi connectivity index (χ0v) is 31.3. The van der Waals surface area contributed by atoms with Crippen molar-refractivity contribution in [2.75, 3.05) is 39.3 Å². The van der Waals surface area contributed by atoms with Gasteiger partial charge in [0.15, 0.2) is 0 Å². The molecule has 8 rings (SSSR count). The van der Waals surface area contributed by atoms with Gasteiger partial charge in [0, 0.05) is 36.7 Å². The van der Waals surface area contributed by atoms with E-state index in [9.17, 15) is 29.7 Å². The van der Waals surface area contributed by atoms with Crippen molar-refractivity contribution >= 4 is 22.9 Å². The molecule has 4 heterocycles. The highest BCUT2D eigenvalue weighted by molar-refractivity contribution is 5.94. The van der Waals surface area contributed by atoms with Crippen molar-refractivity contribution in [3.8, 4) is 11.5 Å². The van der Waals surface area contributed by atoms with Crippen LogP contribution in [0.2, 0.25) is 0 Å². The number of piperidine rings is 3. The van der Waals surface area contributed by atoms with Gasteiger partial charge < -0.3 is 40.6 Å². The quantitative estimate of drug-likeness (QED) is 0.0681. The summed E-state index contributed by atoms with van der Waals surface area (Å²) in [6.07, 6.45) is 1.77. The fraction of sp³-hybridized carbons (Fsp3) is 0.341. The highest BCUT2D eigenvalue weighted by Gasteiger charge is 2.43. The number of carboxylic acid groups (broad SMARTS) is 1. The molecule has 0 radical (unpaired) electrons. The van der Waals surface area contributed by atoms with Crippen molar-refractivity contribution in [1.82, 2.24) is 25.4 Å². The first kappa shape index (κ1) is 38.6. The summed E-state index contributed by atoms with van der Waals surface area (Å²) in [4.78, 5) is 44.4. The van der Waals surface area contributed by atoms with E-state index in [0.717, 1.165) is 62.0 Å². The van der Waals surface area contributed by atoms with Gasteiger partial charge in [0.1, 0.15) is 18.1 Å². The van der Waals surface area contributed by atoms with Crippen LogP contribution in [0, 0.1) is 5.92 Å². The number of aromatic hydroxyl groups is 1. The van der Waals surface area contributed by atoms with Crippen LogP contribution >= 0.6 is 0 Å². The number of hydrogen-bond acceptors (Lipinski definition) is 8. The Kier molecular flexibility index (Phi) is 12.3. The Bertz CT molecular complexity index is 2190. The summed E-state index contributed by atoms with van der Waals surface area (Å²) < 4.78 is 6.24. The first-order valence-corrected chi connectivity index (χ1v) is 19.4. The lowest BCUT2D eigenvalue weighted by Crippen LogP contribution is -2.59. The summed E-state index contributed by atoms with van der Waals surface area (Å²) in [7, 11) is 0. The van der Waals surface area contributed by atoms with Crippen molar-refractivity contribution in [3.63, 3.8) is 0 Å². The molecular weight excluding hydrogens is 711 g/mol. The largest absolute Gasteiger partial charge is 0.506 e. The van der Waals surface area contributed by atoms with Gasteiger partial charge in [-0.2, -0.15) is 0 Å². The molecule has 3 atom stereocenters. The molecule has 0 saturated carbocycles. The summed E-state index contributed by atoms with van der Waals surface area (Å²) in [6, 6.07) is 30.3. The first-order chi connectivity index (χ1) is 27.2. The van der Waals surface area contributed by atoms with Crippen LogP contribution in [0.4, 0.5) is 4.79 Å². The summed E-state index contributed by atoms with van der Waals surface area (Å²) >= 11 is 0. The normalized spacial score (nSPS) is 18.6. The zero-order valence-electron chi connectivity index (χ0n) is 31.3. The predicted octanol–water partition coefficient (Wildman–Crippen LogP) is 5.81. The lowest BCUT2D eigenvalue weighted by molar-refractivity contribution is -0.000814. The number of rotatable bonds is 16. The minimum atomic E-state index is -0.924. The molecule has 0 spiro atoms. The number of nitrogens with one attached hydrogen (secondary N) is 3. The number of carbonyl (C=O) groups excluding carboxylic acids is 1. The molecule has 292 valence electrons. The molecule has 3 aliphatic rings. The van der Waals surface area contributed by atoms with Gasteiger partial charge in [-0.15, -0.1) is 0 Å². The number of pyridine rings is 1. The molecule has 56 heavy (non-hydrogen) atoms. The van der Waals surface area contributed by atoms with Crippen molar-refractivity contribution in [3.05, 3.63) is 141 Å². The Balaban J connectivity index is 0.905. The standard InChI is InChI=1S/C44H49N5O7/c50-38-16-14-35(36-15-17-40(52)47-41(36)38)39(51)26-45-20-4-5-21-46-43(53)33-12-6-8-29(24-33)28-56-34-13-7-11-32(25-34)42(31-9-2-1-3-10-31)49(44(54)55)37-27-48-22-18-30(37)19-23-48/h1-3,6-17,24-25,30,37,39,42,45,50-51H,4-5,18-23,26-28H2,(H,46,53)(H,47,52)(H,54,55)/t37-,39-,42-/m0/s1. The minimum absolute atomic E-state index is 0.0517. The fourth-order valence-corrected chi connectivity index (χ4v) is 8.16. The van der Waals surface area contributed by atoms with E-state index >= 15 is 0 Å². The Hall–Kier alpha value is -5.69. The maximum Gasteiger partial charge on any atom is 0.408 e. The van der Waals surface area contributed by atoms with Gasteiger partial charge in [0.2, 0.25) is 5.56 Å². The molecule has 0 aliphatic carbocycles. The fourth-order valence-electron chi connectivity index (χ4n) is 8.16. The van der Waals surface area contributed by atoms with Crippen LogP contribution in [-0.4, -0.2) is 87.4 Å². The number of phenolic OH excluding ortho intramolecular Hbond substituents is 1.